The van der Waals surface area contributed by atoms with Crippen LogP contribution < -0.4 is 10.1 Å². The van der Waals surface area contributed by atoms with Crippen molar-refractivity contribution < 1.29 is 23.1 Å². The number of ketones is 1. The number of nitrogens with one attached hydrogen (secondary N) is 1. The average Bonchev–Trinajstić information content (AvgIpc) is 3.14. The lowest BCUT2D eigenvalue weighted by Gasteiger charge is -2.12. The zero-order chi connectivity index (χ0) is 21.3. The minimum atomic E-state index is -0.906. The van der Waals surface area contributed by atoms with Crippen molar-refractivity contribution in [2.75, 3.05) is 6.54 Å². The molecule has 1 aliphatic heterocycles. The van der Waals surface area contributed by atoms with Crippen molar-refractivity contribution in [3.05, 3.63) is 89.0 Å². The Kier molecular flexibility index (Phi) is 5.31. The Morgan fingerprint density at radius 3 is 2.60 bits per heavy atom. The Morgan fingerprint density at radius 1 is 1.03 bits per heavy atom. The van der Waals surface area contributed by atoms with Crippen LogP contribution in [0.25, 0.3) is 11.1 Å². The first-order valence-electron chi connectivity index (χ1n) is 9.55. The van der Waals surface area contributed by atoms with Crippen molar-refractivity contribution >= 4 is 11.7 Å². The maximum absolute atomic E-state index is 13.8. The molecule has 1 amide bonds. The van der Waals surface area contributed by atoms with Gasteiger partial charge < -0.3 is 10.1 Å². The molecule has 152 valence electrons. The smallest absolute Gasteiger partial charge is 0.254 e. The summed E-state index contributed by atoms with van der Waals surface area (Å²) in [5.41, 5.74) is 3.19. The Morgan fingerprint density at radius 2 is 1.83 bits per heavy atom. The molecule has 6 heteroatoms. The maximum atomic E-state index is 13.8. The molecule has 1 heterocycles. The molecule has 0 unspecified atom stereocenters. The van der Waals surface area contributed by atoms with Gasteiger partial charge in [-0.15, -0.1) is 0 Å². The number of amides is 1. The molecule has 0 saturated carbocycles. The van der Waals surface area contributed by atoms with E-state index >= 15 is 0 Å². The van der Waals surface area contributed by atoms with Gasteiger partial charge in [-0.25, -0.2) is 8.78 Å². The first kappa shape index (κ1) is 19.8. The largest absolute Gasteiger partial charge is 0.488 e. The number of hydrogen-bond donors (Lipinski definition) is 1. The summed E-state index contributed by atoms with van der Waals surface area (Å²) in [7, 11) is 0. The summed E-state index contributed by atoms with van der Waals surface area (Å²) in [5.74, 6) is -1.55. The second-order valence-corrected chi connectivity index (χ2v) is 7.20. The standard InChI is InChI=1S/C24H19F2NO3/c1-14(28)19-4-2-3-5-20(19)15-6-9-23-16(10-15)11-18(30-23)13-27-24(29)21-8-7-17(25)12-22(21)26/h2-10,12,18H,11,13H2,1H3,(H,27,29)/t18-/m0/s1. The molecule has 0 aromatic heterocycles. The topological polar surface area (TPSA) is 55.4 Å². The minimum absolute atomic E-state index is 0.00374. The molecule has 4 nitrogen and oxygen atoms in total. The summed E-state index contributed by atoms with van der Waals surface area (Å²) >= 11 is 0. The normalized spacial score (nSPS) is 14.7. The highest BCUT2D eigenvalue weighted by molar-refractivity contribution is 6.00. The maximum Gasteiger partial charge on any atom is 0.254 e. The number of Topliss-reactive ketones (excluding diaryl/α,β-unsaturated/α-hetero) is 1. The van der Waals surface area contributed by atoms with Crippen LogP contribution in [0.1, 0.15) is 33.2 Å². The highest BCUT2D eigenvalue weighted by Crippen LogP contribution is 2.34. The molecular weight excluding hydrogens is 388 g/mol. The van der Waals surface area contributed by atoms with Crippen molar-refractivity contribution in [3.63, 3.8) is 0 Å². The molecule has 0 bridgehead atoms. The third-order valence-electron chi connectivity index (χ3n) is 5.09. The second-order valence-electron chi connectivity index (χ2n) is 7.20. The van der Waals surface area contributed by atoms with Crippen LogP contribution >= 0.6 is 0 Å². The number of rotatable bonds is 5. The lowest BCUT2D eigenvalue weighted by molar-refractivity contribution is 0.0928. The Balaban J connectivity index is 1.45. The van der Waals surface area contributed by atoms with E-state index in [-0.39, 0.29) is 24.0 Å². The Labute approximate surface area is 172 Å². The zero-order valence-electron chi connectivity index (χ0n) is 16.2. The molecule has 1 N–H and O–H groups in total. The van der Waals surface area contributed by atoms with Crippen LogP contribution in [0.4, 0.5) is 8.78 Å². The zero-order valence-corrected chi connectivity index (χ0v) is 16.2. The monoisotopic (exact) mass is 407 g/mol. The molecule has 3 aromatic carbocycles. The van der Waals surface area contributed by atoms with Crippen LogP contribution in [0.15, 0.2) is 60.7 Å². The fourth-order valence-electron chi connectivity index (χ4n) is 3.62. The molecule has 1 atom stereocenters. The SMILES string of the molecule is CC(=O)c1ccccc1-c1ccc2c(c1)C[C@@H](CNC(=O)c1ccc(F)cc1F)O2. The number of carbonyl (C=O) groups excluding carboxylic acids is 2. The number of ether oxygens (including phenoxy) is 1. The molecule has 3 aromatic rings. The third kappa shape index (κ3) is 3.94. The highest BCUT2D eigenvalue weighted by Gasteiger charge is 2.25. The van der Waals surface area contributed by atoms with Gasteiger partial charge in [0.1, 0.15) is 23.5 Å². The van der Waals surface area contributed by atoms with Gasteiger partial charge >= 0.3 is 0 Å². The summed E-state index contributed by atoms with van der Waals surface area (Å²) in [4.78, 5) is 24.1. The van der Waals surface area contributed by atoms with Gasteiger partial charge in [0.05, 0.1) is 12.1 Å². The van der Waals surface area contributed by atoms with Crippen LogP contribution in [0, 0.1) is 11.6 Å². The number of hydrogen-bond acceptors (Lipinski definition) is 3. The summed E-state index contributed by atoms with van der Waals surface area (Å²) < 4.78 is 32.6. The number of fused-ring (bicyclic) bond motifs is 1. The molecule has 0 aliphatic carbocycles. The van der Waals surface area contributed by atoms with Gasteiger partial charge in [0, 0.05) is 18.1 Å². The number of benzene rings is 3. The Hall–Kier alpha value is -3.54. The van der Waals surface area contributed by atoms with Gasteiger partial charge in [-0.3, -0.25) is 9.59 Å². The van der Waals surface area contributed by atoms with E-state index in [4.69, 9.17) is 4.74 Å². The lowest BCUT2D eigenvalue weighted by Crippen LogP contribution is -2.34. The summed E-state index contributed by atoms with van der Waals surface area (Å²) in [5, 5.41) is 2.64. The van der Waals surface area contributed by atoms with E-state index in [2.05, 4.69) is 5.32 Å². The van der Waals surface area contributed by atoms with Gasteiger partial charge in [-0.2, -0.15) is 0 Å². The van der Waals surface area contributed by atoms with Gasteiger partial charge in [0.15, 0.2) is 5.78 Å². The number of halogens is 2. The van der Waals surface area contributed by atoms with Crippen LogP contribution in [0.5, 0.6) is 5.75 Å². The molecule has 0 saturated heterocycles. The van der Waals surface area contributed by atoms with Crippen molar-refractivity contribution in [2.45, 2.75) is 19.4 Å². The van der Waals surface area contributed by atoms with E-state index in [1.807, 2.05) is 36.4 Å². The molecule has 0 radical (unpaired) electrons. The fraction of sp³-hybridized carbons (Fsp3) is 0.167. The van der Waals surface area contributed by atoms with Gasteiger partial charge in [-0.05, 0) is 47.9 Å². The molecule has 30 heavy (non-hydrogen) atoms. The number of carbonyl (C=O) groups is 2. The lowest BCUT2D eigenvalue weighted by atomic mass is 9.95. The molecular formula is C24H19F2NO3. The minimum Gasteiger partial charge on any atom is -0.488 e. The molecule has 0 spiro atoms. The highest BCUT2D eigenvalue weighted by atomic mass is 19.1. The van der Waals surface area contributed by atoms with Crippen molar-refractivity contribution in [2.24, 2.45) is 0 Å². The predicted molar refractivity (Wildman–Crippen MR) is 109 cm³/mol. The van der Waals surface area contributed by atoms with E-state index < -0.39 is 17.5 Å². The quantitative estimate of drug-likeness (QED) is 0.631. The third-order valence-corrected chi connectivity index (χ3v) is 5.09. The molecule has 0 fully saturated rings. The first-order valence-corrected chi connectivity index (χ1v) is 9.55. The van der Waals surface area contributed by atoms with Gasteiger partial charge in [-0.1, -0.05) is 30.3 Å². The van der Waals surface area contributed by atoms with Crippen LogP contribution in [-0.4, -0.2) is 24.3 Å². The van der Waals surface area contributed by atoms with E-state index in [1.54, 1.807) is 6.07 Å². The van der Waals surface area contributed by atoms with Crippen molar-refractivity contribution in [3.8, 4) is 16.9 Å². The van der Waals surface area contributed by atoms with Gasteiger partial charge in [0.25, 0.3) is 5.91 Å². The fourth-order valence-corrected chi connectivity index (χ4v) is 3.62. The van der Waals surface area contributed by atoms with Crippen molar-refractivity contribution in [1.29, 1.82) is 0 Å². The van der Waals surface area contributed by atoms with Crippen LogP contribution in [-0.2, 0) is 6.42 Å². The van der Waals surface area contributed by atoms with E-state index in [9.17, 15) is 18.4 Å². The van der Waals surface area contributed by atoms with Crippen LogP contribution in [0.2, 0.25) is 0 Å². The first-order chi connectivity index (χ1) is 14.4. The predicted octanol–water partition coefficient (Wildman–Crippen LogP) is 4.57. The van der Waals surface area contributed by atoms with E-state index in [0.29, 0.717) is 23.8 Å². The summed E-state index contributed by atoms with van der Waals surface area (Å²) in [6, 6.07) is 16.0. The molecule has 1 aliphatic rings. The molecule has 4 rings (SSSR count). The Bertz CT molecular complexity index is 1140. The van der Waals surface area contributed by atoms with Crippen LogP contribution in [0.3, 0.4) is 0 Å². The average molecular weight is 407 g/mol. The van der Waals surface area contributed by atoms with E-state index in [1.165, 1.54) is 6.92 Å². The van der Waals surface area contributed by atoms with Gasteiger partial charge in [0.2, 0.25) is 0 Å². The van der Waals surface area contributed by atoms with Crippen molar-refractivity contribution in [1.82, 2.24) is 5.32 Å². The van der Waals surface area contributed by atoms with E-state index in [0.717, 1.165) is 28.8 Å². The summed E-state index contributed by atoms with van der Waals surface area (Å²) in [6.45, 7) is 1.72. The second kappa shape index (κ2) is 8.06. The summed E-state index contributed by atoms with van der Waals surface area (Å²) in [6.07, 6.45) is 0.267.